The fourth-order valence-corrected chi connectivity index (χ4v) is 2.62. The standard InChI is InChI=1S/C14H21NO/c1-4-16-13-7-5-12(6-8-13)14-9-10(2)15-11(14)3/h5-8,10-11,14-15H,4,9H2,1-3H3. The van der Waals surface area contributed by atoms with Crippen molar-refractivity contribution in [2.24, 2.45) is 0 Å². The molecule has 0 aromatic heterocycles. The van der Waals surface area contributed by atoms with Crippen LogP contribution in [0.2, 0.25) is 0 Å². The second-order valence-electron chi connectivity index (χ2n) is 4.70. The Hall–Kier alpha value is -1.02. The predicted molar refractivity (Wildman–Crippen MR) is 67.0 cm³/mol. The zero-order valence-corrected chi connectivity index (χ0v) is 10.4. The Morgan fingerprint density at radius 1 is 1.25 bits per heavy atom. The number of rotatable bonds is 3. The van der Waals surface area contributed by atoms with Gasteiger partial charge < -0.3 is 10.1 Å². The molecule has 1 fully saturated rings. The second-order valence-corrected chi connectivity index (χ2v) is 4.70. The van der Waals surface area contributed by atoms with Gasteiger partial charge in [0.1, 0.15) is 5.75 Å². The molecule has 16 heavy (non-hydrogen) atoms. The molecule has 0 aliphatic carbocycles. The maximum absolute atomic E-state index is 5.46. The third kappa shape index (κ3) is 2.38. The van der Waals surface area contributed by atoms with Gasteiger partial charge in [-0.25, -0.2) is 0 Å². The highest BCUT2D eigenvalue weighted by Crippen LogP contribution is 2.31. The molecule has 2 rings (SSSR count). The molecule has 88 valence electrons. The molecular weight excluding hydrogens is 198 g/mol. The van der Waals surface area contributed by atoms with Crippen LogP contribution < -0.4 is 10.1 Å². The van der Waals surface area contributed by atoms with E-state index in [0.29, 0.717) is 18.0 Å². The monoisotopic (exact) mass is 219 g/mol. The van der Waals surface area contributed by atoms with E-state index in [1.54, 1.807) is 0 Å². The van der Waals surface area contributed by atoms with Crippen molar-refractivity contribution >= 4 is 0 Å². The topological polar surface area (TPSA) is 21.3 Å². The first-order chi connectivity index (χ1) is 7.70. The van der Waals surface area contributed by atoms with Gasteiger partial charge in [-0.1, -0.05) is 12.1 Å². The first-order valence-electron chi connectivity index (χ1n) is 6.19. The lowest BCUT2D eigenvalue weighted by molar-refractivity contribution is 0.340. The minimum Gasteiger partial charge on any atom is -0.494 e. The first kappa shape index (κ1) is 11.5. The third-order valence-electron chi connectivity index (χ3n) is 3.38. The smallest absolute Gasteiger partial charge is 0.119 e. The van der Waals surface area contributed by atoms with Gasteiger partial charge in [-0.2, -0.15) is 0 Å². The van der Waals surface area contributed by atoms with E-state index >= 15 is 0 Å². The molecule has 1 aromatic carbocycles. The summed E-state index contributed by atoms with van der Waals surface area (Å²) in [5.41, 5.74) is 1.42. The van der Waals surface area contributed by atoms with Gasteiger partial charge in [0.25, 0.3) is 0 Å². The SMILES string of the molecule is CCOc1ccc(C2CC(C)NC2C)cc1. The van der Waals surface area contributed by atoms with Gasteiger partial charge >= 0.3 is 0 Å². The average Bonchev–Trinajstić information content (AvgIpc) is 2.59. The largest absolute Gasteiger partial charge is 0.494 e. The number of ether oxygens (including phenoxy) is 1. The molecule has 0 spiro atoms. The van der Waals surface area contributed by atoms with Crippen molar-refractivity contribution in [3.8, 4) is 5.75 Å². The molecule has 0 radical (unpaired) electrons. The molecular formula is C14H21NO. The van der Waals surface area contributed by atoms with Gasteiger partial charge in [0.2, 0.25) is 0 Å². The lowest BCUT2D eigenvalue weighted by Gasteiger charge is -2.15. The Morgan fingerprint density at radius 3 is 2.44 bits per heavy atom. The van der Waals surface area contributed by atoms with Crippen LogP contribution in [0.4, 0.5) is 0 Å². The van der Waals surface area contributed by atoms with E-state index in [4.69, 9.17) is 4.74 Å². The fraction of sp³-hybridized carbons (Fsp3) is 0.571. The van der Waals surface area contributed by atoms with Crippen molar-refractivity contribution in [1.82, 2.24) is 5.32 Å². The van der Waals surface area contributed by atoms with E-state index in [2.05, 4.69) is 43.4 Å². The van der Waals surface area contributed by atoms with E-state index in [1.165, 1.54) is 12.0 Å². The maximum atomic E-state index is 5.46. The van der Waals surface area contributed by atoms with Gasteiger partial charge in [0, 0.05) is 18.0 Å². The second kappa shape index (κ2) is 4.88. The summed E-state index contributed by atoms with van der Waals surface area (Å²) in [5, 5.41) is 3.57. The van der Waals surface area contributed by atoms with Crippen molar-refractivity contribution in [3.63, 3.8) is 0 Å². The quantitative estimate of drug-likeness (QED) is 0.844. The molecule has 0 saturated carbocycles. The number of nitrogens with one attached hydrogen (secondary N) is 1. The van der Waals surface area contributed by atoms with Gasteiger partial charge in [-0.05, 0) is 44.9 Å². The van der Waals surface area contributed by atoms with Gasteiger partial charge in [0.15, 0.2) is 0 Å². The van der Waals surface area contributed by atoms with Crippen molar-refractivity contribution in [2.45, 2.75) is 45.2 Å². The van der Waals surface area contributed by atoms with Crippen molar-refractivity contribution in [2.75, 3.05) is 6.61 Å². The van der Waals surface area contributed by atoms with Crippen LogP contribution in [0, 0.1) is 0 Å². The number of hydrogen-bond donors (Lipinski definition) is 1. The van der Waals surface area contributed by atoms with E-state index in [9.17, 15) is 0 Å². The summed E-state index contributed by atoms with van der Waals surface area (Å²) < 4.78 is 5.46. The summed E-state index contributed by atoms with van der Waals surface area (Å²) in [6.45, 7) is 7.27. The van der Waals surface area contributed by atoms with Gasteiger partial charge in [-0.3, -0.25) is 0 Å². The molecule has 0 bridgehead atoms. The highest BCUT2D eigenvalue weighted by molar-refractivity contribution is 5.31. The lowest BCUT2D eigenvalue weighted by Crippen LogP contribution is -2.26. The molecule has 0 amide bonds. The summed E-state index contributed by atoms with van der Waals surface area (Å²) in [5.74, 6) is 1.61. The van der Waals surface area contributed by atoms with Crippen LogP contribution in [0.5, 0.6) is 5.75 Å². The summed E-state index contributed by atoms with van der Waals surface area (Å²) in [7, 11) is 0. The zero-order chi connectivity index (χ0) is 11.5. The molecule has 1 saturated heterocycles. The molecule has 3 unspecified atom stereocenters. The summed E-state index contributed by atoms with van der Waals surface area (Å²) in [4.78, 5) is 0. The number of hydrogen-bond acceptors (Lipinski definition) is 2. The Labute approximate surface area is 98.0 Å². The Bertz CT molecular complexity index is 333. The van der Waals surface area contributed by atoms with E-state index < -0.39 is 0 Å². The third-order valence-corrected chi connectivity index (χ3v) is 3.38. The van der Waals surface area contributed by atoms with E-state index in [0.717, 1.165) is 12.4 Å². The van der Waals surface area contributed by atoms with Crippen molar-refractivity contribution < 1.29 is 4.74 Å². The first-order valence-corrected chi connectivity index (χ1v) is 6.19. The van der Waals surface area contributed by atoms with Crippen LogP contribution in [0.25, 0.3) is 0 Å². The molecule has 1 aliphatic rings. The minimum absolute atomic E-state index is 0.577. The van der Waals surface area contributed by atoms with Crippen LogP contribution in [0.3, 0.4) is 0 Å². The zero-order valence-electron chi connectivity index (χ0n) is 10.4. The van der Waals surface area contributed by atoms with Crippen LogP contribution >= 0.6 is 0 Å². The Balaban J connectivity index is 2.09. The molecule has 1 N–H and O–H groups in total. The van der Waals surface area contributed by atoms with Crippen LogP contribution in [0.1, 0.15) is 38.7 Å². The van der Waals surface area contributed by atoms with Crippen LogP contribution in [-0.4, -0.2) is 18.7 Å². The fourth-order valence-electron chi connectivity index (χ4n) is 2.62. The Morgan fingerprint density at radius 2 is 1.94 bits per heavy atom. The van der Waals surface area contributed by atoms with Crippen LogP contribution in [0.15, 0.2) is 24.3 Å². The average molecular weight is 219 g/mol. The van der Waals surface area contributed by atoms with Crippen molar-refractivity contribution in [1.29, 1.82) is 0 Å². The normalized spacial score (nSPS) is 29.3. The summed E-state index contributed by atoms with van der Waals surface area (Å²) in [6.07, 6.45) is 1.23. The molecule has 2 heteroatoms. The highest BCUT2D eigenvalue weighted by atomic mass is 16.5. The van der Waals surface area contributed by atoms with Gasteiger partial charge in [-0.15, -0.1) is 0 Å². The number of benzene rings is 1. The summed E-state index contributed by atoms with van der Waals surface area (Å²) >= 11 is 0. The molecule has 1 aromatic rings. The minimum atomic E-state index is 0.577. The van der Waals surface area contributed by atoms with E-state index in [-0.39, 0.29) is 0 Å². The van der Waals surface area contributed by atoms with E-state index in [1.807, 2.05) is 6.92 Å². The molecule has 1 aliphatic heterocycles. The van der Waals surface area contributed by atoms with Gasteiger partial charge in [0.05, 0.1) is 6.61 Å². The molecule has 3 atom stereocenters. The highest BCUT2D eigenvalue weighted by Gasteiger charge is 2.28. The molecule has 1 heterocycles. The Kier molecular flexibility index (Phi) is 3.49. The van der Waals surface area contributed by atoms with Crippen LogP contribution in [-0.2, 0) is 0 Å². The summed E-state index contributed by atoms with van der Waals surface area (Å²) in [6, 6.07) is 9.76. The van der Waals surface area contributed by atoms with Crippen molar-refractivity contribution in [3.05, 3.63) is 29.8 Å². The lowest BCUT2D eigenvalue weighted by atomic mass is 9.92. The maximum Gasteiger partial charge on any atom is 0.119 e. The molecule has 2 nitrogen and oxygen atoms in total. The predicted octanol–water partition coefficient (Wildman–Crippen LogP) is 2.94.